The van der Waals surface area contributed by atoms with Crippen LogP contribution in [-0.2, 0) is 0 Å². The van der Waals surface area contributed by atoms with Crippen molar-refractivity contribution < 1.29 is 0 Å². The van der Waals surface area contributed by atoms with E-state index in [1.165, 1.54) is 11.3 Å². The Hall–Kier alpha value is -1.87. The van der Waals surface area contributed by atoms with Crippen molar-refractivity contribution in [3.05, 3.63) is 60.4 Å². The third-order valence-electron chi connectivity index (χ3n) is 3.36. The number of hydrogen-bond acceptors (Lipinski definition) is 3. The van der Waals surface area contributed by atoms with Gasteiger partial charge in [-0.2, -0.15) is 0 Å². The molecule has 2 rings (SSSR count). The van der Waals surface area contributed by atoms with Gasteiger partial charge in [-0.05, 0) is 36.7 Å². The largest absolute Gasteiger partial charge is 0.374 e. The molecular weight excluding hydrogens is 234 g/mol. The number of benzene rings is 1. The normalized spacial score (nSPS) is 12.1. The Balaban J connectivity index is 2.09. The molecule has 0 radical (unpaired) electrons. The molecule has 0 fully saturated rings. The lowest BCUT2D eigenvalue weighted by atomic mass is 9.96. The molecule has 1 unspecified atom stereocenters. The molecule has 0 spiro atoms. The maximum absolute atomic E-state index is 5.74. The van der Waals surface area contributed by atoms with Gasteiger partial charge in [0.25, 0.3) is 0 Å². The van der Waals surface area contributed by atoms with E-state index in [1.807, 2.05) is 24.5 Å². The lowest BCUT2D eigenvalue weighted by molar-refractivity contribution is 0.623. The number of nitrogens with two attached hydrogens (primary N) is 1. The van der Waals surface area contributed by atoms with Crippen LogP contribution in [0.4, 0.5) is 5.69 Å². The molecule has 2 aromatic rings. The molecule has 0 amide bonds. The minimum absolute atomic E-state index is 0.420. The number of aromatic nitrogens is 1. The van der Waals surface area contributed by atoms with Crippen molar-refractivity contribution in [3.8, 4) is 0 Å². The molecule has 100 valence electrons. The minimum Gasteiger partial charge on any atom is -0.374 e. The monoisotopic (exact) mass is 255 g/mol. The van der Waals surface area contributed by atoms with Gasteiger partial charge in [0.05, 0.1) is 0 Å². The fraction of sp³-hybridized carbons (Fsp3) is 0.312. The van der Waals surface area contributed by atoms with Crippen LogP contribution in [0.2, 0.25) is 0 Å². The highest BCUT2D eigenvalue weighted by Gasteiger charge is 2.13. The molecule has 0 aliphatic carbocycles. The first-order valence-electron chi connectivity index (χ1n) is 6.67. The number of pyridine rings is 1. The van der Waals surface area contributed by atoms with E-state index in [0.717, 1.165) is 13.0 Å². The third-order valence-corrected chi connectivity index (χ3v) is 3.36. The SMILES string of the molecule is CN(CC(CCN)c1cccnc1)c1ccccc1. The molecule has 1 atom stereocenters. The molecular formula is C16H21N3. The van der Waals surface area contributed by atoms with Gasteiger partial charge in [-0.3, -0.25) is 4.98 Å². The Bertz CT molecular complexity index is 470. The van der Waals surface area contributed by atoms with E-state index in [2.05, 4.69) is 47.3 Å². The van der Waals surface area contributed by atoms with Crippen molar-refractivity contribution in [1.29, 1.82) is 0 Å². The van der Waals surface area contributed by atoms with Crippen LogP contribution in [0.15, 0.2) is 54.9 Å². The van der Waals surface area contributed by atoms with Gasteiger partial charge in [-0.25, -0.2) is 0 Å². The first-order valence-corrected chi connectivity index (χ1v) is 6.67. The van der Waals surface area contributed by atoms with Gasteiger partial charge >= 0.3 is 0 Å². The molecule has 1 aromatic heterocycles. The topological polar surface area (TPSA) is 42.1 Å². The van der Waals surface area contributed by atoms with Gasteiger partial charge in [0.2, 0.25) is 0 Å². The summed E-state index contributed by atoms with van der Waals surface area (Å²) in [6.07, 6.45) is 4.73. The van der Waals surface area contributed by atoms with Gasteiger partial charge < -0.3 is 10.6 Å². The predicted octanol–water partition coefficient (Wildman–Crippen LogP) is 2.65. The second-order valence-electron chi connectivity index (χ2n) is 4.78. The molecule has 0 saturated carbocycles. The molecule has 0 bridgehead atoms. The molecule has 3 heteroatoms. The fourth-order valence-corrected chi connectivity index (χ4v) is 2.30. The van der Waals surface area contributed by atoms with Crippen LogP contribution in [0.1, 0.15) is 17.9 Å². The lowest BCUT2D eigenvalue weighted by Crippen LogP contribution is -2.25. The third kappa shape index (κ3) is 3.80. The van der Waals surface area contributed by atoms with E-state index < -0.39 is 0 Å². The summed E-state index contributed by atoms with van der Waals surface area (Å²) in [6, 6.07) is 14.5. The standard InChI is InChI=1S/C16H21N3/c1-19(16-7-3-2-4-8-16)13-15(9-10-17)14-6-5-11-18-12-14/h2-8,11-12,15H,9-10,13,17H2,1H3. The van der Waals surface area contributed by atoms with Gasteiger partial charge in [-0.1, -0.05) is 24.3 Å². The summed E-state index contributed by atoms with van der Waals surface area (Å²) in [5, 5.41) is 0. The van der Waals surface area contributed by atoms with Crippen LogP contribution < -0.4 is 10.6 Å². The highest BCUT2D eigenvalue weighted by Crippen LogP contribution is 2.22. The lowest BCUT2D eigenvalue weighted by Gasteiger charge is -2.25. The minimum atomic E-state index is 0.420. The Labute approximate surface area is 115 Å². The second-order valence-corrected chi connectivity index (χ2v) is 4.78. The Morgan fingerprint density at radius 3 is 2.58 bits per heavy atom. The van der Waals surface area contributed by atoms with Gasteiger partial charge in [0.15, 0.2) is 0 Å². The van der Waals surface area contributed by atoms with Crippen molar-refractivity contribution >= 4 is 5.69 Å². The van der Waals surface area contributed by atoms with Crippen LogP contribution in [0.5, 0.6) is 0 Å². The van der Waals surface area contributed by atoms with Crippen molar-refractivity contribution in [2.24, 2.45) is 5.73 Å². The summed E-state index contributed by atoms with van der Waals surface area (Å²) in [6.45, 7) is 1.65. The van der Waals surface area contributed by atoms with Crippen molar-refractivity contribution in [3.63, 3.8) is 0 Å². The van der Waals surface area contributed by atoms with Crippen LogP contribution in [-0.4, -0.2) is 25.1 Å². The summed E-state index contributed by atoms with van der Waals surface area (Å²) in [7, 11) is 2.12. The van der Waals surface area contributed by atoms with Crippen molar-refractivity contribution in [2.75, 3.05) is 25.0 Å². The Morgan fingerprint density at radius 1 is 1.16 bits per heavy atom. The number of rotatable bonds is 6. The molecule has 0 saturated heterocycles. The van der Waals surface area contributed by atoms with E-state index in [9.17, 15) is 0 Å². The summed E-state index contributed by atoms with van der Waals surface area (Å²) < 4.78 is 0. The Morgan fingerprint density at radius 2 is 1.95 bits per heavy atom. The molecule has 19 heavy (non-hydrogen) atoms. The number of likely N-dealkylation sites (N-methyl/N-ethyl adjacent to an activating group) is 1. The fourth-order valence-electron chi connectivity index (χ4n) is 2.30. The van der Waals surface area contributed by atoms with Gasteiger partial charge in [-0.15, -0.1) is 0 Å². The van der Waals surface area contributed by atoms with E-state index in [1.54, 1.807) is 0 Å². The summed E-state index contributed by atoms with van der Waals surface area (Å²) >= 11 is 0. The zero-order valence-electron chi connectivity index (χ0n) is 11.4. The molecule has 0 aliphatic heterocycles. The second kappa shape index (κ2) is 6.90. The molecule has 1 heterocycles. The zero-order chi connectivity index (χ0) is 13.5. The molecule has 0 aliphatic rings. The highest BCUT2D eigenvalue weighted by molar-refractivity contribution is 5.45. The Kier molecular flexibility index (Phi) is 4.93. The summed E-state index contributed by atoms with van der Waals surface area (Å²) in [4.78, 5) is 6.48. The highest BCUT2D eigenvalue weighted by atomic mass is 15.1. The smallest absolute Gasteiger partial charge is 0.0363 e. The first-order chi connectivity index (χ1) is 9.31. The average Bonchev–Trinajstić information content (AvgIpc) is 2.48. The maximum atomic E-state index is 5.74. The van der Waals surface area contributed by atoms with E-state index in [4.69, 9.17) is 5.73 Å². The maximum Gasteiger partial charge on any atom is 0.0363 e. The van der Waals surface area contributed by atoms with Gasteiger partial charge in [0.1, 0.15) is 0 Å². The molecule has 2 N–H and O–H groups in total. The predicted molar refractivity (Wildman–Crippen MR) is 80.4 cm³/mol. The van der Waals surface area contributed by atoms with Crippen molar-refractivity contribution in [1.82, 2.24) is 4.98 Å². The van der Waals surface area contributed by atoms with E-state index >= 15 is 0 Å². The van der Waals surface area contributed by atoms with E-state index in [-0.39, 0.29) is 0 Å². The number of anilines is 1. The quantitative estimate of drug-likeness (QED) is 0.863. The van der Waals surface area contributed by atoms with Crippen LogP contribution in [0.25, 0.3) is 0 Å². The average molecular weight is 255 g/mol. The van der Waals surface area contributed by atoms with Crippen LogP contribution >= 0.6 is 0 Å². The first kappa shape index (κ1) is 13.6. The number of hydrogen-bond donors (Lipinski definition) is 1. The van der Waals surface area contributed by atoms with E-state index in [0.29, 0.717) is 12.5 Å². The number of nitrogens with zero attached hydrogens (tertiary/aromatic N) is 2. The summed E-state index contributed by atoms with van der Waals surface area (Å²) in [5.74, 6) is 0.420. The number of para-hydroxylation sites is 1. The zero-order valence-corrected chi connectivity index (χ0v) is 11.4. The van der Waals surface area contributed by atoms with Gasteiger partial charge in [0, 0.05) is 37.6 Å². The summed E-state index contributed by atoms with van der Waals surface area (Å²) in [5.41, 5.74) is 8.23. The molecule has 3 nitrogen and oxygen atoms in total. The molecule has 1 aromatic carbocycles. The van der Waals surface area contributed by atoms with Crippen molar-refractivity contribution in [2.45, 2.75) is 12.3 Å². The van der Waals surface area contributed by atoms with Crippen LogP contribution in [0, 0.1) is 0 Å². The van der Waals surface area contributed by atoms with Crippen LogP contribution in [0.3, 0.4) is 0 Å².